The summed E-state index contributed by atoms with van der Waals surface area (Å²) >= 11 is 0. The molecule has 0 aliphatic heterocycles. The number of hydrogen-bond donors (Lipinski definition) is 1. The average molecular weight is 508 g/mol. The van der Waals surface area contributed by atoms with E-state index in [1.807, 2.05) is 39.0 Å². The van der Waals surface area contributed by atoms with Gasteiger partial charge in [-0.15, -0.1) is 0 Å². The first-order valence-electron chi connectivity index (χ1n) is 12.1. The smallest absolute Gasteiger partial charge is 0.408 e. The Kier molecular flexibility index (Phi) is 12.1. The van der Waals surface area contributed by atoms with Crippen molar-refractivity contribution < 1.29 is 38.1 Å². The molecule has 9 heteroatoms. The Labute approximate surface area is 214 Å². The van der Waals surface area contributed by atoms with Crippen LogP contribution in [-0.4, -0.2) is 54.3 Å². The number of methoxy groups -OCH3 is 1. The highest BCUT2D eigenvalue weighted by molar-refractivity contribution is 5.91. The molecule has 1 aromatic carbocycles. The van der Waals surface area contributed by atoms with Gasteiger partial charge in [0.05, 0.1) is 30.8 Å². The number of hydrogen-bond acceptors (Lipinski definition) is 8. The number of benzene rings is 1. The molecule has 0 aliphatic carbocycles. The van der Waals surface area contributed by atoms with E-state index < -0.39 is 53.1 Å². The van der Waals surface area contributed by atoms with E-state index in [1.165, 1.54) is 7.11 Å². The van der Waals surface area contributed by atoms with Gasteiger partial charge in [0.15, 0.2) is 5.78 Å². The van der Waals surface area contributed by atoms with Crippen LogP contribution in [-0.2, 0) is 39.9 Å². The Hall–Kier alpha value is -2.94. The van der Waals surface area contributed by atoms with Crippen LogP contribution in [0.1, 0.15) is 73.3 Å². The zero-order valence-corrected chi connectivity index (χ0v) is 22.7. The Bertz CT molecular complexity index is 870. The number of esters is 2. The largest absolute Gasteiger partial charge is 0.469 e. The third kappa shape index (κ3) is 12.7. The number of ether oxygens (including phenoxy) is 4. The second-order valence-corrected chi connectivity index (χ2v) is 10.6. The number of amides is 1. The molecule has 0 fully saturated rings. The van der Waals surface area contributed by atoms with E-state index in [4.69, 9.17) is 18.9 Å². The minimum atomic E-state index is -1.07. The molecule has 0 aromatic heterocycles. The third-order valence-corrected chi connectivity index (χ3v) is 4.98. The minimum Gasteiger partial charge on any atom is -0.469 e. The number of alkyl carbamates (subject to hydrolysis) is 1. The van der Waals surface area contributed by atoms with Crippen molar-refractivity contribution in [2.45, 2.75) is 97.7 Å². The van der Waals surface area contributed by atoms with E-state index >= 15 is 0 Å². The van der Waals surface area contributed by atoms with Crippen LogP contribution in [0.15, 0.2) is 30.3 Å². The molecule has 0 heterocycles. The first-order valence-corrected chi connectivity index (χ1v) is 12.1. The summed E-state index contributed by atoms with van der Waals surface area (Å²) in [6.07, 6.45) is -1.81. The quantitative estimate of drug-likeness (QED) is 0.328. The van der Waals surface area contributed by atoms with Gasteiger partial charge in [-0.3, -0.25) is 14.4 Å². The summed E-state index contributed by atoms with van der Waals surface area (Å²) in [5.41, 5.74) is -0.457. The second kappa shape index (κ2) is 14.0. The van der Waals surface area contributed by atoms with Gasteiger partial charge in [0.25, 0.3) is 0 Å². The Morgan fingerprint density at radius 3 is 2.08 bits per heavy atom. The van der Waals surface area contributed by atoms with Gasteiger partial charge in [-0.05, 0) is 60.5 Å². The number of carbonyl (C=O) groups excluding carboxylic acids is 4. The molecule has 1 N–H and O–H groups in total. The Balaban J connectivity index is 2.97. The van der Waals surface area contributed by atoms with Crippen LogP contribution in [0.4, 0.5) is 4.79 Å². The van der Waals surface area contributed by atoms with Crippen molar-refractivity contribution in [3.63, 3.8) is 0 Å². The number of rotatable bonds is 12. The predicted molar refractivity (Wildman–Crippen MR) is 134 cm³/mol. The minimum absolute atomic E-state index is 0.0148. The molecule has 1 unspecified atom stereocenters. The van der Waals surface area contributed by atoms with E-state index in [2.05, 4.69) is 5.32 Å². The zero-order chi connectivity index (χ0) is 27.5. The van der Waals surface area contributed by atoms with E-state index in [1.54, 1.807) is 39.8 Å². The van der Waals surface area contributed by atoms with Gasteiger partial charge >= 0.3 is 18.0 Å². The van der Waals surface area contributed by atoms with Crippen molar-refractivity contribution in [2.24, 2.45) is 5.92 Å². The SMILES string of the molecule is COC(=O)[C@@H](CC(=O)[C@H](CCC(=O)OC(C)(C)C)NC(=O)OCc1ccccc1)C(C)OC(C)(C)C. The highest BCUT2D eigenvalue weighted by Crippen LogP contribution is 2.22. The molecule has 0 spiro atoms. The van der Waals surface area contributed by atoms with Crippen molar-refractivity contribution in [3.05, 3.63) is 35.9 Å². The lowest BCUT2D eigenvalue weighted by Crippen LogP contribution is -2.44. The molecule has 0 bridgehead atoms. The summed E-state index contributed by atoms with van der Waals surface area (Å²) < 4.78 is 21.3. The van der Waals surface area contributed by atoms with Gasteiger partial charge in [-0.25, -0.2) is 4.79 Å². The molecule has 9 nitrogen and oxygen atoms in total. The van der Waals surface area contributed by atoms with Gasteiger partial charge in [0.2, 0.25) is 0 Å². The Morgan fingerprint density at radius 1 is 0.944 bits per heavy atom. The highest BCUT2D eigenvalue weighted by atomic mass is 16.6. The molecular formula is C27H41NO8. The summed E-state index contributed by atoms with van der Waals surface area (Å²) in [5.74, 6) is -2.45. The number of ketones is 1. The molecule has 0 saturated carbocycles. The second-order valence-electron chi connectivity index (χ2n) is 10.6. The lowest BCUT2D eigenvalue weighted by molar-refractivity contribution is -0.159. The van der Waals surface area contributed by atoms with Crippen LogP contribution in [0.5, 0.6) is 0 Å². The average Bonchev–Trinajstić information content (AvgIpc) is 2.76. The number of Topliss-reactive ketones (excluding diaryl/α,β-unsaturated/α-hetero) is 1. The molecule has 202 valence electrons. The van der Waals surface area contributed by atoms with Gasteiger partial charge in [0, 0.05) is 12.8 Å². The van der Waals surface area contributed by atoms with Crippen LogP contribution in [0.2, 0.25) is 0 Å². The van der Waals surface area contributed by atoms with Crippen molar-refractivity contribution in [2.75, 3.05) is 7.11 Å². The maximum atomic E-state index is 13.3. The lowest BCUT2D eigenvalue weighted by atomic mass is 9.92. The van der Waals surface area contributed by atoms with E-state index in [-0.39, 0.29) is 25.9 Å². The van der Waals surface area contributed by atoms with E-state index in [9.17, 15) is 19.2 Å². The maximum Gasteiger partial charge on any atom is 0.408 e. The molecule has 36 heavy (non-hydrogen) atoms. The first kappa shape index (κ1) is 31.1. The van der Waals surface area contributed by atoms with Crippen LogP contribution in [0, 0.1) is 5.92 Å². The Morgan fingerprint density at radius 2 is 1.56 bits per heavy atom. The summed E-state index contributed by atoms with van der Waals surface area (Å²) in [4.78, 5) is 50.5. The fourth-order valence-corrected chi connectivity index (χ4v) is 3.47. The molecule has 0 saturated heterocycles. The normalized spacial score (nSPS) is 14.2. The molecular weight excluding hydrogens is 466 g/mol. The van der Waals surface area contributed by atoms with Crippen LogP contribution in [0.3, 0.4) is 0 Å². The molecule has 3 atom stereocenters. The molecule has 1 rings (SSSR count). The van der Waals surface area contributed by atoms with Gasteiger partial charge in [0.1, 0.15) is 12.2 Å². The number of nitrogens with one attached hydrogen (secondary N) is 1. The predicted octanol–water partition coefficient (Wildman–Crippen LogP) is 4.36. The topological polar surface area (TPSA) is 117 Å². The molecule has 1 amide bonds. The fraction of sp³-hybridized carbons (Fsp3) is 0.630. The fourth-order valence-electron chi connectivity index (χ4n) is 3.47. The van der Waals surface area contributed by atoms with Crippen molar-refractivity contribution in [1.29, 1.82) is 0 Å². The van der Waals surface area contributed by atoms with E-state index in [0.29, 0.717) is 0 Å². The monoisotopic (exact) mass is 507 g/mol. The lowest BCUT2D eigenvalue weighted by Gasteiger charge is -2.30. The molecule has 1 aromatic rings. The van der Waals surface area contributed by atoms with Gasteiger partial charge in [-0.1, -0.05) is 30.3 Å². The van der Waals surface area contributed by atoms with E-state index in [0.717, 1.165) is 5.56 Å². The summed E-state index contributed by atoms with van der Waals surface area (Å²) in [6.45, 7) is 12.5. The molecule has 0 radical (unpaired) electrons. The maximum absolute atomic E-state index is 13.3. The van der Waals surface area contributed by atoms with Crippen molar-refractivity contribution in [3.8, 4) is 0 Å². The first-order chi connectivity index (χ1) is 16.6. The van der Waals surface area contributed by atoms with Crippen LogP contribution < -0.4 is 5.32 Å². The highest BCUT2D eigenvalue weighted by Gasteiger charge is 2.35. The summed E-state index contributed by atoms with van der Waals surface area (Å²) in [6, 6.07) is 8.01. The summed E-state index contributed by atoms with van der Waals surface area (Å²) in [7, 11) is 1.24. The summed E-state index contributed by atoms with van der Waals surface area (Å²) in [5, 5.41) is 2.54. The van der Waals surface area contributed by atoms with Crippen molar-refractivity contribution >= 4 is 23.8 Å². The standard InChI is InChI=1S/C27H41NO8/c1-18(35-26(2,3)4)20(24(31)33-8)16-22(29)21(14-15-23(30)36-27(5,6)7)28-25(32)34-17-19-12-10-9-11-13-19/h9-13,18,20-21H,14-17H2,1-8H3,(H,28,32)/t18?,20-,21-/m0/s1. The zero-order valence-electron chi connectivity index (χ0n) is 22.7. The van der Waals surface area contributed by atoms with Gasteiger partial charge < -0.3 is 24.3 Å². The van der Waals surface area contributed by atoms with Gasteiger partial charge in [-0.2, -0.15) is 0 Å². The third-order valence-electron chi connectivity index (χ3n) is 4.98. The van der Waals surface area contributed by atoms with Crippen molar-refractivity contribution in [1.82, 2.24) is 5.32 Å². The number of carbonyl (C=O) groups is 4. The molecule has 0 aliphatic rings. The van der Waals surface area contributed by atoms with Crippen LogP contribution >= 0.6 is 0 Å². The van der Waals surface area contributed by atoms with Crippen LogP contribution in [0.25, 0.3) is 0 Å².